The Balaban J connectivity index is 1.57. The van der Waals surface area contributed by atoms with E-state index < -0.39 is 33.6 Å². The largest absolute Gasteiger partial charge is 0.339 e. The number of benzene rings is 3. The number of amides is 2. The van der Waals surface area contributed by atoms with Gasteiger partial charge in [0.2, 0.25) is 5.91 Å². The zero-order valence-electron chi connectivity index (χ0n) is 24.5. The minimum atomic E-state index is -4.40. The minimum absolute atomic E-state index is 0.0465. The molecule has 4 aromatic rings. The van der Waals surface area contributed by atoms with E-state index in [0.29, 0.717) is 34.3 Å². The predicted octanol–water partition coefficient (Wildman–Crippen LogP) is 4.87. The minimum Gasteiger partial charge on any atom is -0.339 e. The number of halogens is 2. The molecule has 1 aromatic heterocycles. The van der Waals surface area contributed by atoms with Gasteiger partial charge in [0.15, 0.2) is 0 Å². The first-order valence-electron chi connectivity index (χ1n) is 14.4. The first-order chi connectivity index (χ1) is 22.0. The van der Waals surface area contributed by atoms with Gasteiger partial charge in [0.05, 0.1) is 28.6 Å². The van der Waals surface area contributed by atoms with Crippen molar-refractivity contribution in [2.75, 3.05) is 30.5 Å². The van der Waals surface area contributed by atoms with E-state index in [9.17, 15) is 28.1 Å². The summed E-state index contributed by atoms with van der Waals surface area (Å²) in [5.74, 6) is -0.556. The maximum atomic E-state index is 14.6. The number of aromatic nitrogens is 1. The summed E-state index contributed by atoms with van der Waals surface area (Å²) in [6, 6.07) is 21.9. The Hall–Kier alpha value is -4.63. The molecule has 3 heterocycles. The summed E-state index contributed by atoms with van der Waals surface area (Å²) >= 11 is 12.4. The van der Waals surface area contributed by atoms with Crippen LogP contribution in [0.2, 0.25) is 10.0 Å². The monoisotopic (exact) mass is 675 g/mol. The van der Waals surface area contributed by atoms with Crippen molar-refractivity contribution in [2.45, 2.75) is 23.9 Å². The first kappa shape index (κ1) is 31.4. The normalized spacial score (nSPS) is 17.8. The van der Waals surface area contributed by atoms with Gasteiger partial charge in [0, 0.05) is 43.1 Å². The summed E-state index contributed by atoms with van der Waals surface area (Å²) in [6.07, 6.45) is 0. The molecule has 2 amide bonds. The van der Waals surface area contributed by atoms with Gasteiger partial charge in [0.25, 0.3) is 21.5 Å². The smallest absolute Gasteiger partial charge is 0.266 e. The SMILES string of the molecule is CC(=O)N1CCN(C(=O)c2ccc3n(c2=O)[C@@H](c2ccc(Cl)cc2)[C@@H](c2ccc(Cl)cc2)N3S(=O)(=O)c2cccc(C#N)c2)CC1. The molecule has 1 saturated heterocycles. The van der Waals surface area contributed by atoms with E-state index in [4.69, 9.17) is 23.2 Å². The second kappa shape index (κ2) is 12.3. The van der Waals surface area contributed by atoms with Crippen molar-refractivity contribution in [2.24, 2.45) is 0 Å². The number of piperazine rings is 1. The van der Waals surface area contributed by atoms with Crippen LogP contribution in [0.5, 0.6) is 0 Å². The molecule has 2 aliphatic rings. The highest BCUT2D eigenvalue weighted by Gasteiger charge is 2.48. The second-order valence-corrected chi connectivity index (χ2v) is 13.7. The molecule has 0 N–H and O–H groups in total. The Labute approximate surface area is 275 Å². The fourth-order valence-corrected chi connectivity index (χ4v) is 7.98. The highest BCUT2D eigenvalue weighted by Crippen LogP contribution is 2.49. The Morgan fingerprint density at radius 3 is 1.93 bits per heavy atom. The van der Waals surface area contributed by atoms with Crippen molar-refractivity contribution in [3.63, 3.8) is 0 Å². The average Bonchev–Trinajstić information content (AvgIpc) is 3.42. The molecule has 2 aliphatic heterocycles. The Morgan fingerprint density at radius 2 is 1.37 bits per heavy atom. The van der Waals surface area contributed by atoms with Crippen molar-refractivity contribution in [1.82, 2.24) is 14.4 Å². The van der Waals surface area contributed by atoms with Gasteiger partial charge in [-0.25, -0.2) is 12.7 Å². The number of pyridine rings is 1. The molecule has 3 aromatic carbocycles. The quantitative estimate of drug-likeness (QED) is 0.297. The van der Waals surface area contributed by atoms with Crippen LogP contribution in [0.4, 0.5) is 5.82 Å². The Morgan fingerprint density at radius 1 is 0.804 bits per heavy atom. The van der Waals surface area contributed by atoms with Crippen LogP contribution >= 0.6 is 23.2 Å². The number of sulfonamides is 1. The molecule has 0 spiro atoms. The van der Waals surface area contributed by atoms with E-state index in [2.05, 4.69) is 0 Å². The zero-order chi connectivity index (χ0) is 32.7. The van der Waals surface area contributed by atoms with Crippen LogP contribution in [-0.2, 0) is 14.8 Å². The van der Waals surface area contributed by atoms with Crippen LogP contribution in [0.3, 0.4) is 0 Å². The number of hydrogen-bond donors (Lipinski definition) is 0. The van der Waals surface area contributed by atoms with Crippen molar-refractivity contribution in [3.8, 4) is 6.07 Å². The van der Waals surface area contributed by atoms with Gasteiger partial charge in [-0.1, -0.05) is 53.5 Å². The molecule has 234 valence electrons. The molecule has 46 heavy (non-hydrogen) atoms. The third-order valence-corrected chi connectivity index (χ3v) is 10.6. The van der Waals surface area contributed by atoms with Gasteiger partial charge in [-0.15, -0.1) is 0 Å². The lowest BCUT2D eigenvalue weighted by atomic mass is 9.94. The first-order valence-corrected chi connectivity index (χ1v) is 16.6. The Kier molecular flexibility index (Phi) is 8.37. The summed E-state index contributed by atoms with van der Waals surface area (Å²) < 4.78 is 31.6. The number of anilines is 1. The average molecular weight is 677 g/mol. The van der Waals surface area contributed by atoms with E-state index in [1.54, 1.807) is 53.4 Å². The second-order valence-electron chi connectivity index (χ2n) is 11.0. The highest BCUT2D eigenvalue weighted by molar-refractivity contribution is 7.92. The van der Waals surface area contributed by atoms with Crippen molar-refractivity contribution in [1.29, 1.82) is 5.26 Å². The van der Waals surface area contributed by atoms with Gasteiger partial charge in [-0.05, 0) is 65.7 Å². The number of carbonyl (C=O) groups excluding carboxylic acids is 2. The number of rotatable bonds is 5. The molecule has 2 atom stereocenters. The third-order valence-electron chi connectivity index (χ3n) is 8.34. The number of nitrogens with zero attached hydrogens (tertiary/aromatic N) is 5. The third kappa shape index (κ3) is 5.53. The van der Waals surface area contributed by atoms with Crippen molar-refractivity contribution in [3.05, 3.63) is 128 Å². The molecule has 0 radical (unpaired) electrons. The predicted molar refractivity (Wildman–Crippen MR) is 173 cm³/mol. The molecule has 13 heteroatoms. The van der Waals surface area contributed by atoms with Gasteiger partial charge in [-0.2, -0.15) is 5.26 Å². The summed E-state index contributed by atoms with van der Waals surface area (Å²) in [4.78, 5) is 43.0. The lowest BCUT2D eigenvalue weighted by Crippen LogP contribution is -2.51. The van der Waals surface area contributed by atoms with E-state index in [1.807, 2.05) is 6.07 Å². The number of nitriles is 1. The molecule has 0 bridgehead atoms. The van der Waals surface area contributed by atoms with E-state index in [-0.39, 0.29) is 40.8 Å². The van der Waals surface area contributed by atoms with Gasteiger partial charge in [0.1, 0.15) is 11.4 Å². The van der Waals surface area contributed by atoms with Crippen LogP contribution in [-0.4, -0.2) is 60.8 Å². The van der Waals surface area contributed by atoms with Crippen LogP contribution < -0.4 is 9.86 Å². The van der Waals surface area contributed by atoms with Crippen molar-refractivity contribution >= 4 is 50.9 Å². The van der Waals surface area contributed by atoms with Crippen LogP contribution in [0.15, 0.2) is 94.6 Å². The fraction of sp³-hybridized carbons (Fsp3) is 0.212. The Bertz CT molecular complexity index is 2050. The van der Waals surface area contributed by atoms with E-state index in [1.165, 1.54) is 57.1 Å². The summed E-state index contributed by atoms with van der Waals surface area (Å²) in [5, 5.41) is 10.4. The molecule has 0 aliphatic carbocycles. The lowest BCUT2D eigenvalue weighted by Gasteiger charge is -2.34. The zero-order valence-corrected chi connectivity index (χ0v) is 26.8. The lowest BCUT2D eigenvalue weighted by molar-refractivity contribution is -0.130. The molecule has 0 unspecified atom stereocenters. The topological polar surface area (TPSA) is 124 Å². The number of hydrogen-bond acceptors (Lipinski definition) is 6. The standard InChI is InChI=1S/C33H27Cl2N5O5S/c1-21(41)37-15-17-38(18-16-37)32(42)28-13-14-29-39(33(28)43)30(23-5-9-25(34)10-6-23)31(24-7-11-26(35)12-8-24)40(29)46(44,45)27-4-2-3-22(19-27)20-36/h2-14,19,30-31H,15-18H2,1H3/t30-,31+/m0/s1. The maximum Gasteiger partial charge on any atom is 0.266 e. The fourth-order valence-electron chi connectivity index (χ4n) is 6.04. The number of carbonyl (C=O) groups is 2. The summed E-state index contributed by atoms with van der Waals surface area (Å²) in [6.45, 7) is 2.65. The van der Waals surface area contributed by atoms with Crippen LogP contribution in [0.25, 0.3) is 0 Å². The summed E-state index contributed by atoms with van der Waals surface area (Å²) in [5.41, 5.74) is 0.482. The molecule has 0 saturated carbocycles. The van der Waals surface area contributed by atoms with Crippen molar-refractivity contribution < 1.29 is 18.0 Å². The maximum absolute atomic E-state index is 14.6. The van der Waals surface area contributed by atoms with Crippen LogP contribution in [0, 0.1) is 11.3 Å². The van der Waals surface area contributed by atoms with E-state index in [0.717, 1.165) is 0 Å². The summed E-state index contributed by atoms with van der Waals surface area (Å²) in [7, 11) is -4.40. The molecule has 6 rings (SSSR count). The van der Waals surface area contributed by atoms with Crippen LogP contribution in [0.1, 0.15) is 46.1 Å². The number of fused-ring (bicyclic) bond motifs is 1. The highest BCUT2D eigenvalue weighted by atomic mass is 35.5. The molecular weight excluding hydrogens is 649 g/mol. The molecule has 1 fully saturated rings. The van der Waals surface area contributed by atoms with Gasteiger partial charge in [-0.3, -0.25) is 19.0 Å². The van der Waals surface area contributed by atoms with Gasteiger partial charge < -0.3 is 9.80 Å². The molecule has 10 nitrogen and oxygen atoms in total. The van der Waals surface area contributed by atoms with Gasteiger partial charge >= 0.3 is 0 Å². The molecular formula is C33H27Cl2N5O5S. The van der Waals surface area contributed by atoms with E-state index >= 15 is 0 Å².